The molecular weight excluding hydrogens is 312 g/mol. The molecular formula is C16H24N4O2S. The first-order valence-corrected chi connectivity index (χ1v) is 8.90. The molecule has 1 heterocycles. The van der Waals surface area contributed by atoms with Gasteiger partial charge in [-0.1, -0.05) is 12.1 Å². The monoisotopic (exact) mass is 336 g/mol. The number of nitrogens with zero attached hydrogens (tertiary/aromatic N) is 1. The Hall–Kier alpha value is -1.57. The van der Waals surface area contributed by atoms with Gasteiger partial charge < -0.3 is 16.4 Å². The minimum atomic E-state index is -0.339. The second kappa shape index (κ2) is 8.90. The number of benzene rings is 1. The number of aryl methyl sites for hydroxylation is 1. The molecule has 126 valence electrons. The Morgan fingerprint density at radius 2 is 2.00 bits per heavy atom. The number of thioether (sulfide) groups is 1. The summed E-state index contributed by atoms with van der Waals surface area (Å²) in [6.45, 7) is 4.87. The molecule has 0 radical (unpaired) electrons. The fourth-order valence-corrected chi connectivity index (χ4v) is 3.34. The maximum atomic E-state index is 11.9. The average Bonchev–Trinajstić information content (AvgIpc) is 2.56. The molecule has 4 N–H and O–H groups in total. The highest BCUT2D eigenvalue weighted by atomic mass is 32.2. The lowest BCUT2D eigenvalue weighted by Gasteiger charge is -2.26. The van der Waals surface area contributed by atoms with E-state index in [4.69, 9.17) is 5.73 Å². The molecule has 2 rings (SSSR count). The van der Waals surface area contributed by atoms with Gasteiger partial charge in [-0.05, 0) is 24.1 Å². The second-order valence-electron chi connectivity index (χ2n) is 5.57. The molecule has 1 fully saturated rings. The summed E-state index contributed by atoms with van der Waals surface area (Å²) in [5.41, 5.74) is 8.17. The third kappa shape index (κ3) is 5.85. The highest BCUT2D eigenvalue weighted by Gasteiger charge is 2.12. The van der Waals surface area contributed by atoms with Crippen LogP contribution < -0.4 is 16.4 Å². The van der Waals surface area contributed by atoms with Crippen molar-refractivity contribution in [3.8, 4) is 0 Å². The van der Waals surface area contributed by atoms with Crippen LogP contribution in [-0.2, 0) is 16.1 Å². The Bertz CT molecular complexity index is 559. The molecule has 1 aliphatic heterocycles. The standard InChI is InChI=1S/C16H24N4O2S/c1-12-2-3-13(11-20-4-6-23-7-5-20)8-14(12)19-16(22)10-18-15(21)9-17/h2-3,8H,4-7,9-11,17H2,1H3,(H,18,21)(H,19,22). The molecule has 0 bridgehead atoms. The molecule has 6 nitrogen and oxygen atoms in total. The predicted molar refractivity (Wildman–Crippen MR) is 94.5 cm³/mol. The van der Waals surface area contributed by atoms with Gasteiger partial charge >= 0.3 is 0 Å². The summed E-state index contributed by atoms with van der Waals surface area (Å²) < 4.78 is 0. The van der Waals surface area contributed by atoms with E-state index in [1.807, 2.05) is 30.8 Å². The molecule has 1 saturated heterocycles. The Kier molecular flexibility index (Phi) is 6.88. The van der Waals surface area contributed by atoms with Crippen LogP contribution in [0.4, 0.5) is 5.69 Å². The number of carbonyl (C=O) groups is 2. The van der Waals surface area contributed by atoms with E-state index in [1.54, 1.807) is 0 Å². The van der Waals surface area contributed by atoms with Gasteiger partial charge in [-0.2, -0.15) is 11.8 Å². The third-order valence-corrected chi connectivity index (χ3v) is 4.66. The molecule has 1 aromatic carbocycles. The van der Waals surface area contributed by atoms with Crippen molar-refractivity contribution in [3.05, 3.63) is 29.3 Å². The van der Waals surface area contributed by atoms with Crippen LogP contribution in [-0.4, -0.2) is 54.4 Å². The zero-order valence-corrected chi connectivity index (χ0v) is 14.2. The largest absolute Gasteiger partial charge is 0.346 e. The number of hydrogen-bond donors (Lipinski definition) is 3. The Balaban J connectivity index is 1.93. The van der Waals surface area contributed by atoms with Crippen molar-refractivity contribution in [2.45, 2.75) is 13.5 Å². The Labute approximate surface area is 141 Å². The van der Waals surface area contributed by atoms with Crippen LogP contribution in [0.3, 0.4) is 0 Å². The summed E-state index contributed by atoms with van der Waals surface area (Å²) in [5.74, 6) is 1.77. The van der Waals surface area contributed by atoms with E-state index < -0.39 is 0 Å². The zero-order chi connectivity index (χ0) is 16.7. The van der Waals surface area contributed by atoms with Crippen molar-refractivity contribution in [2.24, 2.45) is 5.73 Å². The number of hydrogen-bond acceptors (Lipinski definition) is 5. The van der Waals surface area contributed by atoms with Gasteiger partial charge in [-0.15, -0.1) is 0 Å². The SMILES string of the molecule is Cc1ccc(CN2CCSCC2)cc1NC(=O)CNC(=O)CN. The summed E-state index contributed by atoms with van der Waals surface area (Å²) in [6.07, 6.45) is 0. The number of amides is 2. The molecule has 0 aromatic heterocycles. The third-order valence-electron chi connectivity index (χ3n) is 3.72. The maximum absolute atomic E-state index is 11.9. The lowest BCUT2D eigenvalue weighted by Crippen LogP contribution is -2.36. The second-order valence-corrected chi connectivity index (χ2v) is 6.79. The molecule has 7 heteroatoms. The highest BCUT2D eigenvalue weighted by Crippen LogP contribution is 2.19. The van der Waals surface area contributed by atoms with Crippen LogP contribution in [0, 0.1) is 6.92 Å². The van der Waals surface area contributed by atoms with Gasteiger partial charge in [-0.3, -0.25) is 14.5 Å². The predicted octanol–water partition coefficient (Wildman–Crippen LogP) is 0.557. The maximum Gasteiger partial charge on any atom is 0.243 e. The van der Waals surface area contributed by atoms with E-state index in [0.29, 0.717) is 0 Å². The average molecular weight is 336 g/mol. The molecule has 0 saturated carbocycles. The topological polar surface area (TPSA) is 87.5 Å². The summed E-state index contributed by atoms with van der Waals surface area (Å²) in [5, 5.41) is 5.32. The molecule has 0 atom stereocenters. The van der Waals surface area contributed by atoms with Crippen LogP contribution >= 0.6 is 11.8 Å². The van der Waals surface area contributed by atoms with Crippen molar-refractivity contribution in [1.82, 2.24) is 10.2 Å². The molecule has 2 amide bonds. The number of nitrogens with two attached hydrogens (primary N) is 1. The van der Waals surface area contributed by atoms with Crippen molar-refractivity contribution in [1.29, 1.82) is 0 Å². The molecule has 1 aromatic rings. The summed E-state index contributed by atoms with van der Waals surface area (Å²) in [6, 6.07) is 6.13. The van der Waals surface area contributed by atoms with Crippen LogP contribution in [0.5, 0.6) is 0 Å². The van der Waals surface area contributed by atoms with Crippen molar-refractivity contribution >= 4 is 29.3 Å². The van der Waals surface area contributed by atoms with E-state index in [0.717, 1.165) is 30.9 Å². The van der Waals surface area contributed by atoms with Gasteiger partial charge in [0.05, 0.1) is 13.1 Å². The van der Waals surface area contributed by atoms with Gasteiger partial charge in [0.25, 0.3) is 0 Å². The van der Waals surface area contributed by atoms with E-state index in [1.165, 1.54) is 17.1 Å². The van der Waals surface area contributed by atoms with Crippen molar-refractivity contribution < 1.29 is 9.59 Å². The Morgan fingerprint density at radius 3 is 2.70 bits per heavy atom. The molecule has 23 heavy (non-hydrogen) atoms. The van der Waals surface area contributed by atoms with Gasteiger partial charge in [0.2, 0.25) is 11.8 Å². The minimum Gasteiger partial charge on any atom is -0.346 e. The lowest BCUT2D eigenvalue weighted by molar-refractivity contribution is -0.123. The first-order valence-electron chi connectivity index (χ1n) is 7.74. The van der Waals surface area contributed by atoms with Crippen molar-refractivity contribution in [2.75, 3.05) is 43.0 Å². The number of rotatable bonds is 6. The molecule has 0 unspecified atom stereocenters. The number of anilines is 1. The molecule has 0 spiro atoms. The smallest absolute Gasteiger partial charge is 0.243 e. The fraction of sp³-hybridized carbons (Fsp3) is 0.500. The van der Waals surface area contributed by atoms with Crippen molar-refractivity contribution in [3.63, 3.8) is 0 Å². The van der Waals surface area contributed by atoms with Gasteiger partial charge in [0, 0.05) is 36.8 Å². The van der Waals surface area contributed by atoms with E-state index in [-0.39, 0.29) is 24.9 Å². The first kappa shape index (κ1) is 17.8. The van der Waals surface area contributed by atoms with Gasteiger partial charge in [-0.25, -0.2) is 0 Å². The van der Waals surface area contributed by atoms with Crippen LogP contribution in [0.25, 0.3) is 0 Å². The summed E-state index contributed by atoms with van der Waals surface area (Å²) >= 11 is 1.99. The van der Waals surface area contributed by atoms with Crippen LogP contribution in [0.2, 0.25) is 0 Å². The number of carbonyl (C=O) groups excluding carboxylic acids is 2. The first-order chi connectivity index (χ1) is 11.1. The number of nitrogens with one attached hydrogen (secondary N) is 2. The van der Waals surface area contributed by atoms with Crippen LogP contribution in [0.1, 0.15) is 11.1 Å². The molecule has 0 aliphatic carbocycles. The van der Waals surface area contributed by atoms with Gasteiger partial charge in [0.15, 0.2) is 0 Å². The quantitative estimate of drug-likeness (QED) is 0.706. The van der Waals surface area contributed by atoms with Crippen LogP contribution in [0.15, 0.2) is 18.2 Å². The normalized spacial score (nSPS) is 15.2. The van der Waals surface area contributed by atoms with E-state index >= 15 is 0 Å². The summed E-state index contributed by atoms with van der Waals surface area (Å²) in [7, 11) is 0. The zero-order valence-electron chi connectivity index (χ0n) is 13.4. The summed E-state index contributed by atoms with van der Waals surface area (Å²) in [4.78, 5) is 25.4. The molecule has 1 aliphatic rings. The van der Waals surface area contributed by atoms with E-state index in [9.17, 15) is 9.59 Å². The highest BCUT2D eigenvalue weighted by molar-refractivity contribution is 7.99. The minimum absolute atomic E-state index is 0.0664. The lowest BCUT2D eigenvalue weighted by atomic mass is 10.1. The Morgan fingerprint density at radius 1 is 1.26 bits per heavy atom. The van der Waals surface area contributed by atoms with E-state index in [2.05, 4.69) is 21.6 Å². The van der Waals surface area contributed by atoms with Gasteiger partial charge in [0.1, 0.15) is 0 Å². The fourth-order valence-electron chi connectivity index (χ4n) is 2.37.